The van der Waals surface area contributed by atoms with E-state index < -0.39 is 0 Å². The van der Waals surface area contributed by atoms with Crippen molar-refractivity contribution >= 4 is 11.6 Å². The quantitative estimate of drug-likeness (QED) is 0.780. The SMILES string of the molecule is CCNC(c1ccc(Cl)c(OC)c1)C(CC)(CC)OC. The van der Waals surface area contributed by atoms with Crippen molar-refractivity contribution in [1.82, 2.24) is 5.32 Å². The maximum atomic E-state index is 6.12. The van der Waals surface area contributed by atoms with Gasteiger partial charge in [-0.1, -0.05) is 38.4 Å². The van der Waals surface area contributed by atoms with E-state index in [0.717, 1.165) is 24.9 Å². The number of methoxy groups -OCH3 is 2. The standard InChI is InChI=1S/C16H26ClNO2/c1-6-16(7-2,20-5)15(18-8-3)12-9-10-13(17)14(11-12)19-4/h9-11,15,18H,6-8H2,1-5H3. The van der Waals surface area contributed by atoms with Gasteiger partial charge >= 0.3 is 0 Å². The Kier molecular flexibility index (Phi) is 6.80. The largest absolute Gasteiger partial charge is 0.495 e. The number of halogens is 1. The van der Waals surface area contributed by atoms with Crippen molar-refractivity contribution in [3.05, 3.63) is 28.8 Å². The number of ether oxygens (including phenoxy) is 2. The van der Waals surface area contributed by atoms with Gasteiger partial charge in [0, 0.05) is 7.11 Å². The maximum Gasteiger partial charge on any atom is 0.137 e. The van der Waals surface area contributed by atoms with Crippen LogP contribution in [-0.2, 0) is 4.74 Å². The van der Waals surface area contributed by atoms with Gasteiger partial charge in [-0.15, -0.1) is 0 Å². The summed E-state index contributed by atoms with van der Waals surface area (Å²) in [6.45, 7) is 7.29. The Bertz CT molecular complexity index is 411. The van der Waals surface area contributed by atoms with Crippen LogP contribution in [0.4, 0.5) is 0 Å². The predicted molar refractivity (Wildman–Crippen MR) is 84.7 cm³/mol. The number of hydrogen-bond acceptors (Lipinski definition) is 3. The lowest BCUT2D eigenvalue weighted by Crippen LogP contribution is -2.44. The molecule has 1 aromatic rings. The second-order valence-electron chi connectivity index (χ2n) is 4.86. The third-order valence-electron chi connectivity index (χ3n) is 4.05. The van der Waals surface area contributed by atoms with Crippen LogP contribution in [0.5, 0.6) is 5.75 Å². The molecule has 0 heterocycles. The molecule has 1 aromatic carbocycles. The molecule has 1 unspecified atom stereocenters. The second kappa shape index (κ2) is 7.87. The fraction of sp³-hybridized carbons (Fsp3) is 0.625. The van der Waals surface area contributed by atoms with E-state index in [2.05, 4.69) is 26.1 Å². The molecule has 3 nitrogen and oxygen atoms in total. The highest BCUT2D eigenvalue weighted by atomic mass is 35.5. The van der Waals surface area contributed by atoms with E-state index in [1.165, 1.54) is 0 Å². The van der Waals surface area contributed by atoms with Gasteiger partial charge in [-0.2, -0.15) is 0 Å². The molecule has 114 valence electrons. The predicted octanol–water partition coefficient (Wildman–Crippen LogP) is 4.20. The van der Waals surface area contributed by atoms with Crippen LogP contribution in [0.1, 0.15) is 45.2 Å². The van der Waals surface area contributed by atoms with Crippen molar-refractivity contribution in [3.63, 3.8) is 0 Å². The van der Waals surface area contributed by atoms with E-state index in [0.29, 0.717) is 10.8 Å². The molecule has 0 aliphatic carbocycles. The first-order valence-corrected chi connectivity index (χ1v) is 7.58. The first-order valence-electron chi connectivity index (χ1n) is 7.20. The lowest BCUT2D eigenvalue weighted by atomic mass is 9.83. The first kappa shape index (κ1) is 17.3. The molecule has 0 saturated heterocycles. The van der Waals surface area contributed by atoms with Crippen molar-refractivity contribution < 1.29 is 9.47 Å². The van der Waals surface area contributed by atoms with Crippen LogP contribution < -0.4 is 10.1 Å². The third kappa shape index (κ3) is 3.46. The summed E-state index contributed by atoms with van der Waals surface area (Å²) >= 11 is 6.12. The molecule has 0 bridgehead atoms. The molecule has 0 spiro atoms. The van der Waals surface area contributed by atoms with Crippen LogP contribution in [0.2, 0.25) is 5.02 Å². The average Bonchev–Trinajstić information content (AvgIpc) is 2.49. The summed E-state index contributed by atoms with van der Waals surface area (Å²) in [6.07, 6.45) is 1.87. The van der Waals surface area contributed by atoms with Crippen LogP contribution in [-0.4, -0.2) is 26.4 Å². The highest BCUT2D eigenvalue weighted by Crippen LogP contribution is 2.37. The van der Waals surface area contributed by atoms with Crippen molar-refractivity contribution in [2.24, 2.45) is 0 Å². The van der Waals surface area contributed by atoms with E-state index in [-0.39, 0.29) is 11.6 Å². The summed E-state index contributed by atoms with van der Waals surface area (Å²) in [5, 5.41) is 4.17. The smallest absolute Gasteiger partial charge is 0.137 e. The van der Waals surface area contributed by atoms with E-state index in [9.17, 15) is 0 Å². The lowest BCUT2D eigenvalue weighted by Gasteiger charge is -2.39. The van der Waals surface area contributed by atoms with Gasteiger partial charge < -0.3 is 14.8 Å². The van der Waals surface area contributed by atoms with Gasteiger partial charge in [0.1, 0.15) is 5.75 Å². The molecular weight excluding hydrogens is 274 g/mol. The fourth-order valence-corrected chi connectivity index (χ4v) is 2.93. The summed E-state index contributed by atoms with van der Waals surface area (Å²) in [4.78, 5) is 0. The molecule has 1 atom stereocenters. The Morgan fingerprint density at radius 1 is 1.20 bits per heavy atom. The number of rotatable bonds is 8. The molecule has 0 aromatic heterocycles. The number of hydrogen-bond donors (Lipinski definition) is 1. The lowest BCUT2D eigenvalue weighted by molar-refractivity contribution is -0.0482. The fourth-order valence-electron chi connectivity index (χ4n) is 2.73. The molecule has 0 fully saturated rings. The van der Waals surface area contributed by atoms with Crippen molar-refractivity contribution in [1.29, 1.82) is 0 Å². The minimum absolute atomic E-state index is 0.110. The molecule has 0 aliphatic heterocycles. The highest BCUT2D eigenvalue weighted by Gasteiger charge is 2.36. The van der Waals surface area contributed by atoms with Crippen LogP contribution >= 0.6 is 11.6 Å². The number of nitrogens with one attached hydrogen (secondary N) is 1. The Morgan fingerprint density at radius 2 is 1.85 bits per heavy atom. The molecule has 1 N–H and O–H groups in total. The number of likely N-dealkylation sites (N-methyl/N-ethyl adjacent to an activating group) is 1. The Morgan fingerprint density at radius 3 is 2.30 bits per heavy atom. The molecule has 4 heteroatoms. The van der Waals surface area contributed by atoms with Crippen molar-refractivity contribution in [3.8, 4) is 5.75 Å². The zero-order valence-corrected chi connectivity index (χ0v) is 13.9. The molecular formula is C16H26ClNO2. The van der Waals surface area contributed by atoms with E-state index in [1.54, 1.807) is 14.2 Å². The summed E-state index contributed by atoms with van der Waals surface area (Å²) in [6, 6.07) is 6.02. The molecule has 20 heavy (non-hydrogen) atoms. The Labute approximate surface area is 127 Å². The normalized spacial score (nSPS) is 13.3. The number of benzene rings is 1. The Balaban J connectivity index is 3.25. The van der Waals surface area contributed by atoms with Crippen molar-refractivity contribution in [2.75, 3.05) is 20.8 Å². The average molecular weight is 300 g/mol. The van der Waals surface area contributed by atoms with E-state index in [4.69, 9.17) is 21.1 Å². The van der Waals surface area contributed by atoms with Crippen LogP contribution in [0.15, 0.2) is 18.2 Å². The van der Waals surface area contributed by atoms with E-state index in [1.807, 2.05) is 18.2 Å². The second-order valence-corrected chi connectivity index (χ2v) is 5.27. The summed E-state index contributed by atoms with van der Waals surface area (Å²) < 4.78 is 11.2. The van der Waals surface area contributed by atoms with Gasteiger partial charge in [0.2, 0.25) is 0 Å². The minimum Gasteiger partial charge on any atom is -0.495 e. The zero-order chi connectivity index (χ0) is 15.2. The van der Waals surface area contributed by atoms with Gasteiger partial charge in [-0.25, -0.2) is 0 Å². The third-order valence-corrected chi connectivity index (χ3v) is 4.36. The molecule has 0 saturated carbocycles. The van der Waals surface area contributed by atoms with Gasteiger partial charge in [-0.05, 0) is 37.1 Å². The van der Waals surface area contributed by atoms with E-state index >= 15 is 0 Å². The molecule has 0 radical (unpaired) electrons. The molecule has 0 aliphatic rings. The van der Waals surface area contributed by atoms with Gasteiger partial charge in [0.25, 0.3) is 0 Å². The van der Waals surface area contributed by atoms with Crippen LogP contribution in [0, 0.1) is 0 Å². The zero-order valence-electron chi connectivity index (χ0n) is 13.1. The topological polar surface area (TPSA) is 30.5 Å². The Hall–Kier alpha value is -0.770. The van der Waals surface area contributed by atoms with Gasteiger partial charge in [-0.3, -0.25) is 0 Å². The minimum atomic E-state index is -0.227. The van der Waals surface area contributed by atoms with Gasteiger partial charge in [0.05, 0.1) is 23.8 Å². The van der Waals surface area contributed by atoms with Crippen LogP contribution in [0.25, 0.3) is 0 Å². The summed E-state index contributed by atoms with van der Waals surface area (Å²) in [7, 11) is 3.42. The van der Waals surface area contributed by atoms with Crippen LogP contribution in [0.3, 0.4) is 0 Å². The summed E-state index contributed by atoms with van der Waals surface area (Å²) in [5.74, 6) is 0.698. The molecule has 1 rings (SSSR count). The summed E-state index contributed by atoms with van der Waals surface area (Å²) in [5.41, 5.74) is 0.910. The van der Waals surface area contributed by atoms with Gasteiger partial charge in [0.15, 0.2) is 0 Å². The highest BCUT2D eigenvalue weighted by molar-refractivity contribution is 6.32. The monoisotopic (exact) mass is 299 g/mol. The van der Waals surface area contributed by atoms with Crippen molar-refractivity contribution in [2.45, 2.75) is 45.3 Å². The molecule has 0 amide bonds. The first-order chi connectivity index (χ1) is 9.58. The maximum absolute atomic E-state index is 6.12.